The lowest BCUT2D eigenvalue weighted by Crippen LogP contribution is -2.44. The van der Waals surface area contributed by atoms with Crippen molar-refractivity contribution < 1.29 is 8.78 Å². The normalized spacial score (nSPS) is 16.5. The third kappa shape index (κ3) is 4.74. The Morgan fingerprint density at radius 2 is 1.84 bits per heavy atom. The number of hydrogen-bond acceptors (Lipinski definition) is 6. The van der Waals surface area contributed by atoms with Crippen LogP contribution in [0.15, 0.2) is 36.5 Å². The monoisotopic (exact) mass is 426 g/mol. The minimum Gasteiger partial charge on any atom is -0.363 e. The van der Waals surface area contributed by atoms with Crippen molar-refractivity contribution >= 4 is 22.5 Å². The van der Waals surface area contributed by atoms with E-state index < -0.39 is 5.92 Å². The Balaban J connectivity index is 1.65. The number of fused-ring (bicyclic) bond motifs is 1. The third-order valence-electron chi connectivity index (χ3n) is 5.75. The number of rotatable bonds is 5. The van der Waals surface area contributed by atoms with Crippen LogP contribution in [0.4, 0.5) is 20.4 Å². The first kappa shape index (κ1) is 21.4. The second-order valence-electron chi connectivity index (χ2n) is 8.35. The van der Waals surface area contributed by atoms with Crippen LogP contribution < -0.4 is 10.2 Å². The Morgan fingerprint density at radius 3 is 2.55 bits per heavy atom. The molecule has 1 aliphatic rings. The summed E-state index contributed by atoms with van der Waals surface area (Å²) in [6.45, 7) is 8.51. The standard InChI is InChI=1S/C23H28F2N6/c1-15(17-6-5-7-18(12-17)23(3,24)25)27-22-19-13-21(31-10-8-30(4)9-11-31)26-14-20(19)28-16(2)29-22/h5-7,12-15H,8-11H2,1-4H3,(H,27,28,29)/t15-/m1/s1. The predicted molar refractivity (Wildman–Crippen MR) is 120 cm³/mol. The summed E-state index contributed by atoms with van der Waals surface area (Å²) >= 11 is 0. The van der Waals surface area contributed by atoms with Crippen molar-refractivity contribution in [2.45, 2.75) is 32.7 Å². The second-order valence-corrected chi connectivity index (χ2v) is 8.35. The van der Waals surface area contributed by atoms with Gasteiger partial charge in [0.25, 0.3) is 5.92 Å². The van der Waals surface area contributed by atoms with E-state index in [4.69, 9.17) is 0 Å². The number of nitrogens with one attached hydrogen (secondary N) is 1. The second kappa shape index (κ2) is 8.34. The Morgan fingerprint density at radius 1 is 1.10 bits per heavy atom. The summed E-state index contributed by atoms with van der Waals surface area (Å²) in [5, 5.41) is 4.28. The number of hydrogen-bond donors (Lipinski definition) is 1. The molecule has 0 unspecified atom stereocenters. The average molecular weight is 427 g/mol. The van der Waals surface area contributed by atoms with Gasteiger partial charge in [0.05, 0.1) is 11.7 Å². The van der Waals surface area contributed by atoms with Gasteiger partial charge in [-0.25, -0.2) is 23.7 Å². The van der Waals surface area contributed by atoms with Crippen LogP contribution in [0.3, 0.4) is 0 Å². The molecule has 0 saturated carbocycles. The third-order valence-corrected chi connectivity index (χ3v) is 5.75. The SMILES string of the molecule is Cc1nc(N[C@H](C)c2cccc(C(C)(F)F)c2)c2cc(N3CCN(C)CC3)ncc2n1. The average Bonchev–Trinajstić information content (AvgIpc) is 2.73. The van der Waals surface area contributed by atoms with E-state index in [9.17, 15) is 8.78 Å². The molecule has 0 spiro atoms. The molecule has 164 valence electrons. The highest BCUT2D eigenvalue weighted by Crippen LogP contribution is 2.31. The van der Waals surface area contributed by atoms with Crippen LogP contribution in [0.2, 0.25) is 0 Å². The fourth-order valence-electron chi connectivity index (χ4n) is 3.83. The van der Waals surface area contributed by atoms with Crippen molar-refractivity contribution in [3.8, 4) is 0 Å². The minimum atomic E-state index is -2.88. The number of aryl methyl sites for hydroxylation is 1. The zero-order valence-electron chi connectivity index (χ0n) is 18.4. The van der Waals surface area contributed by atoms with Gasteiger partial charge in [0.2, 0.25) is 0 Å². The molecule has 1 fully saturated rings. The molecule has 2 aromatic heterocycles. The molecule has 0 radical (unpaired) electrons. The summed E-state index contributed by atoms with van der Waals surface area (Å²) in [5.74, 6) is -0.667. The van der Waals surface area contributed by atoms with E-state index >= 15 is 0 Å². The molecule has 8 heteroatoms. The smallest absolute Gasteiger partial charge is 0.270 e. The highest BCUT2D eigenvalue weighted by molar-refractivity contribution is 5.90. The maximum absolute atomic E-state index is 13.8. The van der Waals surface area contributed by atoms with Crippen molar-refractivity contribution in [3.05, 3.63) is 53.5 Å². The summed E-state index contributed by atoms with van der Waals surface area (Å²) < 4.78 is 27.6. The van der Waals surface area contributed by atoms with E-state index in [1.807, 2.05) is 26.0 Å². The number of nitrogens with zero attached hydrogens (tertiary/aromatic N) is 5. The number of halogens is 2. The molecule has 1 N–H and O–H groups in total. The van der Waals surface area contributed by atoms with Gasteiger partial charge in [-0.3, -0.25) is 0 Å². The van der Waals surface area contributed by atoms with Crippen LogP contribution in [0.1, 0.15) is 36.8 Å². The Labute approximate surface area is 181 Å². The number of benzene rings is 1. The molecule has 4 rings (SSSR count). The largest absolute Gasteiger partial charge is 0.363 e. The molecule has 6 nitrogen and oxygen atoms in total. The van der Waals surface area contributed by atoms with Crippen molar-refractivity contribution in [1.29, 1.82) is 0 Å². The van der Waals surface area contributed by atoms with Gasteiger partial charge < -0.3 is 15.1 Å². The lowest BCUT2D eigenvalue weighted by atomic mass is 10.0. The molecule has 1 saturated heterocycles. The van der Waals surface area contributed by atoms with Crippen LogP contribution in [0.25, 0.3) is 10.9 Å². The van der Waals surface area contributed by atoms with E-state index in [0.29, 0.717) is 11.6 Å². The van der Waals surface area contributed by atoms with Crippen molar-refractivity contribution in [1.82, 2.24) is 19.9 Å². The summed E-state index contributed by atoms with van der Waals surface area (Å²) in [5.41, 5.74) is 1.54. The first-order chi connectivity index (χ1) is 14.7. The molecule has 0 aliphatic carbocycles. The molecule has 1 aromatic carbocycles. The Hall–Kier alpha value is -2.87. The number of anilines is 2. The summed E-state index contributed by atoms with van der Waals surface area (Å²) in [6.07, 6.45) is 1.78. The lowest BCUT2D eigenvalue weighted by Gasteiger charge is -2.33. The molecule has 0 bridgehead atoms. The molecular weight excluding hydrogens is 398 g/mol. The van der Waals surface area contributed by atoms with Crippen molar-refractivity contribution in [2.24, 2.45) is 0 Å². The number of likely N-dealkylation sites (N-methyl/N-ethyl adjacent to an activating group) is 1. The summed E-state index contributed by atoms with van der Waals surface area (Å²) in [4.78, 5) is 18.3. The van der Waals surface area contributed by atoms with Gasteiger partial charge in [-0.05, 0) is 38.6 Å². The number of piperazine rings is 1. The quantitative estimate of drug-likeness (QED) is 0.654. The molecule has 0 amide bonds. The topological polar surface area (TPSA) is 57.2 Å². The van der Waals surface area contributed by atoms with Crippen molar-refractivity contribution in [3.63, 3.8) is 0 Å². The molecule has 3 aromatic rings. The number of pyridine rings is 1. The van der Waals surface area contributed by atoms with Crippen LogP contribution in [-0.2, 0) is 5.92 Å². The van der Waals surface area contributed by atoms with Crippen molar-refractivity contribution in [2.75, 3.05) is 43.4 Å². The Bertz CT molecular complexity index is 1070. The zero-order chi connectivity index (χ0) is 22.2. The van der Waals surface area contributed by atoms with Gasteiger partial charge in [0.15, 0.2) is 0 Å². The van der Waals surface area contributed by atoms with E-state index in [2.05, 4.69) is 37.1 Å². The Kier molecular flexibility index (Phi) is 5.75. The van der Waals surface area contributed by atoms with E-state index in [1.165, 1.54) is 6.07 Å². The molecule has 31 heavy (non-hydrogen) atoms. The minimum absolute atomic E-state index is 0.00364. The van der Waals surface area contributed by atoms with Gasteiger partial charge in [-0.15, -0.1) is 0 Å². The van der Waals surface area contributed by atoms with E-state index in [0.717, 1.165) is 55.4 Å². The summed E-state index contributed by atoms with van der Waals surface area (Å²) in [7, 11) is 2.12. The maximum atomic E-state index is 13.8. The van der Waals surface area contributed by atoms with E-state index in [-0.39, 0.29) is 11.6 Å². The van der Waals surface area contributed by atoms with Crippen LogP contribution in [0.5, 0.6) is 0 Å². The molecule has 1 aliphatic heterocycles. The van der Waals surface area contributed by atoms with Crippen LogP contribution in [-0.4, -0.2) is 53.1 Å². The first-order valence-electron chi connectivity index (χ1n) is 10.5. The fourth-order valence-corrected chi connectivity index (χ4v) is 3.83. The van der Waals surface area contributed by atoms with Gasteiger partial charge in [0, 0.05) is 50.1 Å². The van der Waals surface area contributed by atoms with E-state index in [1.54, 1.807) is 18.3 Å². The number of aromatic nitrogens is 3. The van der Waals surface area contributed by atoms with Gasteiger partial charge >= 0.3 is 0 Å². The first-order valence-corrected chi connectivity index (χ1v) is 10.5. The van der Waals surface area contributed by atoms with Gasteiger partial charge in [-0.1, -0.05) is 18.2 Å². The highest BCUT2D eigenvalue weighted by Gasteiger charge is 2.25. The van der Waals surface area contributed by atoms with Gasteiger partial charge in [-0.2, -0.15) is 0 Å². The summed E-state index contributed by atoms with van der Waals surface area (Å²) in [6, 6.07) is 8.32. The fraction of sp³-hybridized carbons (Fsp3) is 0.435. The van der Waals surface area contributed by atoms with Gasteiger partial charge in [0.1, 0.15) is 17.5 Å². The van der Waals surface area contributed by atoms with Crippen LogP contribution in [0, 0.1) is 6.92 Å². The maximum Gasteiger partial charge on any atom is 0.270 e. The molecule has 3 heterocycles. The van der Waals surface area contributed by atoms with Crippen LogP contribution >= 0.6 is 0 Å². The number of alkyl halides is 2. The zero-order valence-corrected chi connectivity index (χ0v) is 18.4. The molecule has 1 atom stereocenters. The molecular formula is C23H28F2N6. The highest BCUT2D eigenvalue weighted by atomic mass is 19.3. The predicted octanol–water partition coefficient (Wildman–Crippen LogP) is 4.37. The lowest BCUT2D eigenvalue weighted by molar-refractivity contribution is 0.0174.